The highest BCUT2D eigenvalue weighted by molar-refractivity contribution is 5.57. The van der Waals surface area contributed by atoms with E-state index in [4.69, 9.17) is 4.74 Å². The van der Waals surface area contributed by atoms with Gasteiger partial charge in [-0.2, -0.15) is 0 Å². The van der Waals surface area contributed by atoms with E-state index in [-0.39, 0.29) is 11.7 Å². The number of non-ortho nitro benzene ring substituents is 1. The zero-order valence-corrected chi connectivity index (χ0v) is 9.69. The maximum atomic E-state index is 10.6. The maximum Gasteiger partial charge on any atom is 0.271 e. The molecule has 16 heavy (non-hydrogen) atoms. The third kappa shape index (κ3) is 3.20. The third-order valence-corrected chi connectivity index (χ3v) is 2.25. The van der Waals surface area contributed by atoms with Crippen molar-refractivity contribution in [1.29, 1.82) is 0 Å². The fourth-order valence-electron chi connectivity index (χ4n) is 1.44. The van der Waals surface area contributed by atoms with Crippen molar-refractivity contribution in [1.82, 2.24) is 0 Å². The van der Waals surface area contributed by atoms with E-state index >= 15 is 0 Å². The summed E-state index contributed by atoms with van der Waals surface area (Å²) in [6, 6.07) is 4.90. The van der Waals surface area contributed by atoms with Gasteiger partial charge in [-0.25, -0.2) is 0 Å². The van der Waals surface area contributed by atoms with E-state index in [1.54, 1.807) is 19.2 Å². The number of aryl methyl sites for hydroxylation is 1. The fraction of sp³-hybridized carbons (Fsp3) is 0.455. The quantitative estimate of drug-likeness (QED) is 0.616. The molecule has 1 rings (SSSR count). The number of rotatable bonds is 5. The van der Waals surface area contributed by atoms with E-state index in [1.807, 2.05) is 13.8 Å². The number of hydrogen-bond donors (Lipinski definition) is 1. The van der Waals surface area contributed by atoms with Crippen molar-refractivity contribution in [3.8, 4) is 0 Å². The first-order valence-electron chi connectivity index (χ1n) is 5.05. The Balaban J connectivity index is 2.85. The standard InChI is InChI=1S/C11H16N2O3/c1-8-4-5-10(13(14)15)6-11(8)12-9(2)7-16-3/h4-6,9,12H,7H2,1-3H3. The van der Waals surface area contributed by atoms with Crippen LogP contribution in [-0.4, -0.2) is 24.7 Å². The van der Waals surface area contributed by atoms with Gasteiger partial charge in [0.2, 0.25) is 0 Å². The lowest BCUT2D eigenvalue weighted by molar-refractivity contribution is -0.384. The van der Waals surface area contributed by atoms with E-state index < -0.39 is 4.92 Å². The normalized spacial score (nSPS) is 12.2. The minimum absolute atomic E-state index is 0.0951. The van der Waals surface area contributed by atoms with Crippen molar-refractivity contribution in [3.63, 3.8) is 0 Å². The van der Waals surface area contributed by atoms with E-state index in [0.717, 1.165) is 11.3 Å². The molecule has 0 saturated carbocycles. The maximum absolute atomic E-state index is 10.6. The summed E-state index contributed by atoms with van der Waals surface area (Å²) in [7, 11) is 1.62. The van der Waals surface area contributed by atoms with Gasteiger partial charge in [0.05, 0.1) is 11.5 Å². The molecular weight excluding hydrogens is 208 g/mol. The topological polar surface area (TPSA) is 64.4 Å². The number of hydrogen-bond acceptors (Lipinski definition) is 4. The number of nitro benzene ring substituents is 1. The highest BCUT2D eigenvalue weighted by Crippen LogP contribution is 2.22. The van der Waals surface area contributed by atoms with E-state index in [0.29, 0.717) is 6.61 Å². The van der Waals surface area contributed by atoms with Gasteiger partial charge in [0.1, 0.15) is 0 Å². The van der Waals surface area contributed by atoms with Gasteiger partial charge in [0.15, 0.2) is 0 Å². The molecule has 0 radical (unpaired) electrons. The molecule has 0 heterocycles. The van der Waals surface area contributed by atoms with Crippen LogP contribution in [0.2, 0.25) is 0 Å². The summed E-state index contributed by atoms with van der Waals surface area (Å²) in [4.78, 5) is 10.2. The van der Waals surface area contributed by atoms with Crippen molar-refractivity contribution < 1.29 is 9.66 Å². The molecule has 0 amide bonds. The molecule has 0 spiro atoms. The van der Waals surface area contributed by atoms with Gasteiger partial charge < -0.3 is 10.1 Å². The van der Waals surface area contributed by atoms with Crippen LogP contribution in [-0.2, 0) is 4.74 Å². The van der Waals surface area contributed by atoms with Crippen LogP contribution >= 0.6 is 0 Å². The lowest BCUT2D eigenvalue weighted by Gasteiger charge is -2.15. The van der Waals surface area contributed by atoms with E-state index in [2.05, 4.69) is 5.32 Å². The molecule has 1 atom stereocenters. The Morgan fingerprint density at radius 1 is 1.56 bits per heavy atom. The number of methoxy groups -OCH3 is 1. The van der Waals surface area contributed by atoms with Gasteiger partial charge in [-0.05, 0) is 19.4 Å². The van der Waals surface area contributed by atoms with E-state index in [1.165, 1.54) is 6.07 Å². The van der Waals surface area contributed by atoms with Crippen LogP contribution in [0.25, 0.3) is 0 Å². The largest absolute Gasteiger partial charge is 0.383 e. The number of benzene rings is 1. The van der Waals surface area contributed by atoms with Gasteiger partial charge in [-0.3, -0.25) is 10.1 Å². The Morgan fingerprint density at radius 3 is 2.81 bits per heavy atom. The van der Waals surface area contributed by atoms with E-state index in [9.17, 15) is 10.1 Å². The van der Waals surface area contributed by atoms with Crippen molar-refractivity contribution in [2.75, 3.05) is 19.0 Å². The van der Waals surface area contributed by atoms with Crippen LogP contribution in [0.4, 0.5) is 11.4 Å². The third-order valence-electron chi connectivity index (χ3n) is 2.25. The Morgan fingerprint density at radius 2 is 2.25 bits per heavy atom. The molecule has 1 unspecified atom stereocenters. The minimum Gasteiger partial charge on any atom is -0.383 e. The summed E-state index contributed by atoms with van der Waals surface area (Å²) >= 11 is 0. The Hall–Kier alpha value is -1.62. The molecule has 1 aromatic rings. The second-order valence-electron chi connectivity index (χ2n) is 3.76. The van der Waals surface area contributed by atoms with Gasteiger partial charge in [-0.1, -0.05) is 6.07 Å². The number of anilines is 1. The fourth-order valence-corrected chi connectivity index (χ4v) is 1.44. The lowest BCUT2D eigenvalue weighted by Crippen LogP contribution is -2.21. The minimum atomic E-state index is -0.397. The number of ether oxygens (including phenoxy) is 1. The van der Waals surface area contributed by atoms with Crippen LogP contribution in [0.1, 0.15) is 12.5 Å². The molecular formula is C11H16N2O3. The predicted molar refractivity (Wildman–Crippen MR) is 62.8 cm³/mol. The van der Waals surface area contributed by atoms with Crippen LogP contribution in [0.3, 0.4) is 0 Å². The van der Waals surface area contributed by atoms with Gasteiger partial charge >= 0.3 is 0 Å². The first-order valence-corrected chi connectivity index (χ1v) is 5.05. The lowest BCUT2D eigenvalue weighted by atomic mass is 10.1. The average molecular weight is 224 g/mol. The summed E-state index contributed by atoms with van der Waals surface area (Å²) in [6.45, 7) is 4.43. The molecule has 0 aliphatic rings. The molecule has 5 heteroatoms. The smallest absolute Gasteiger partial charge is 0.271 e. The van der Waals surface area contributed by atoms with Gasteiger partial charge in [0.25, 0.3) is 5.69 Å². The summed E-state index contributed by atoms with van der Waals surface area (Å²) < 4.78 is 5.00. The van der Waals surface area contributed by atoms with Gasteiger partial charge in [-0.15, -0.1) is 0 Å². The molecule has 0 aliphatic heterocycles. The second-order valence-corrected chi connectivity index (χ2v) is 3.76. The van der Waals surface area contributed by atoms with Crippen LogP contribution in [0.15, 0.2) is 18.2 Å². The molecule has 0 bridgehead atoms. The van der Waals surface area contributed by atoms with Gasteiger partial charge in [0, 0.05) is 31.0 Å². The second kappa shape index (κ2) is 5.46. The number of nitrogens with zero attached hydrogens (tertiary/aromatic N) is 1. The number of nitro groups is 1. The molecule has 1 aromatic carbocycles. The Kier molecular flexibility index (Phi) is 4.25. The average Bonchev–Trinajstić information content (AvgIpc) is 2.21. The monoisotopic (exact) mass is 224 g/mol. The van der Waals surface area contributed by atoms with Crippen LogP contribution in [0, 0.1) is 17.0 Å². The summed E-state index contributed by atoms with van der Waals surface area (Å²) in [5.41, 5.74) is 1.85. The summed E-state index contributed by atoms with van der Waals surface area (Å²) in [5.74, 6) is 0. The molecule has 0 fully saturated rings. The summed E-state index contributed by atoms with van der Waals surface area (Å²) in [6.07, 6.45) is 0. The van der Waals surface area contributed by atoms with Crippen molar-refractivity contribution in [2.24, 2.45) is 0 Å². The Bertz CT molecular complexity index is 379. The first kappa shape index (κ1) is 12.4. The zero-order valence-electron chi connectivity index (χ0n) is 9.69. The van der Waals surface area contributed by atoms with Crippen molar-refractivity contribution in [2.45, 2.75) is 19.9 Å². The molecule has 0 aromatic heterocycles. The highest BCUT2D eigenvalue weighted by atomic mass is 16.6. The zero-order chi connectivity index (χ0) is 12.1. The summed E-state index contributed by atoms with van der Waals surface area (Å²) in [5, 5.41) is 13.8. The molecule has 0 aliphatic carbocycles. The molecule has 88 valence electrons. The predicted octanol–water partition coefficient (Wildman–Crippen LogP) is 2.35. The number of nitrogens with one attached hydrogen (secondary N) is 1. The van der Waals surface area contributed by atoms with Crippen LogP contribution < -0.4 is 5.32 Å². The molecule has 1 N–H and O–H groups in total. The van der Waals surface area contributed by atoms with Crippen LogP contribution in [0.5, 0.6) is 0 Å². The highest BCUT2D eigenvalue weighted by Gasteiger charge is 2.10. The molecule has 5 nitrogen and oxygen atoms in total. The SMILES string of the molecule is COCC(C)Nc1cc([N+](=O)[O-])ccc1C. The van der Waals surface area contributed by atoms with Crippen molar-refractivity contribution in [3.05, 3.63) is 33.9 Å². The van der Waals surface area contributed by atoms with Crippen molar-refractivity contribution >= 4 is 11.4 Å². The first-order chi connectivity index (χ1) is 7.54. The molecule has 0 saturated heterocycles. The Labute approximate surface area is 94.6 Å².